The fourth-order valence-corrected chi connectivity index (χ4v) is 4.50. The summed E-state index contributed by atoms with van der Waals surface area (Å²) in [4.78, 5) is 20.0. The smallest absolute Gasteiger partial charge is 0.290 e. The molecule has 7 heteroatoms. The highest BCUT2D eigenvalue weighted by molar-refractivity contribution is 9.10. The number of aromatic nitrogens is 2. The third-order valence-corrected chi connectivity index (χ3v) is 6.08. The lowest BCUT2D eigenvalue weighted by Gasteiger charge is -2.16. The number of halogens is 1. The van der Waals surface area contributed by atoms with Crippen LogP contribution in [0, 0.1) is 5.92 Å². The lowest BCUT2D eigenvalue weighted by Crippen LogP contribution is -2.19. The second-order valence-electron chi connectivity index (χ2n) is 6.55. The summed E-state index contributed by atoms with van der Waals surface area (Å²) in [5.41, 5.74) is 5.05. The van der Waals surface area contributed by atoms with Gasteiger partial charge in [0.1, 0.15) is 10.7 Å². The normalized spacial score (nSPS) is 15.7. The molecule has 0 spiro atoms. The van der Waals surface area contributed by atoms with Gasteiger partial charge in [-0.05, 0) is 37.0 Å². The first-order valence-corrected chi connectivity index (χ1v) is 10.4. The summed E-state index contributed by atoms with van der Waals surface area (Å²) in [5, 5.41) is 7.80. The molecular weight excluding hydrogens is 412 g/mol. The molecule has 5 nitrogen and oxygen atoms in total. The predicted octanol–water partition coefficient (Wildman–Crippen LogP) is 5.35. The van der Waals surface area contributed by atoms with Gasteiger partial charge in [0, 0.05) is 38.7 Å². The lowest BCUT2D eigenvalue weighted by molar-refractivity contribution is 0.0950. The molecule has 2 N–H and O–H groups in total. The monoisotopic (exact) mass is 430 g/mol. The first-order valence-electron chi connectivity index (χ1n) is 8.77. The summed E-state index contributed by atoms with van der Waals surface area (Å²) in [7, 11) is 0. The number of rotatable bonds is 4. The fraction of sp³-hybridized carbons (Fsp3) is 0.316. The maximum atomic E-state index is 12.3. The molecule has 2 heterocycles. The summed E-state index contributed by atoms with van der Waals surface area (Å²) in [6.45, 7) is 0. The van der Waals surface area contributed by atoms with Crippen LogP contribution in [0.15, 0.2) is 39.4 Å². The zero-order chi connectivity index (χ0) is 17.9. The van der Waals surface area contributed by atoms with Crippen LogP contribution in [0.25, 0.3) is 21.5 Å². The van der Waals surface area contributed by atoms with Crippen LogP contribution in [0.4, 0.5) is 0 Å². The number of hydrogen-bond donors (Lipinski definition) is 2. The maximum absolute atomic E-state index is 12.3. The van der Waals surface area contributed by atoms with E-state index < -0.39 is 0 Å². The van der Waals surface area contributed by atoms with Crippen LogP contribution in [-0.2, 0) is 0 Å². The van der Waals surface area contributed by atoms with Crippen LogP contribution >= 0.6 is 27.3 Å². The van der Waals surface area contributed by atoms with Crippen molar-refractivity contribution in [2.45, 2.75) is 32.1 Å². The molecule has 1 aliphatic rings. The van der Waals surface area contributed by atoms with Crippen molar-refractivity contribution in [3.63, 3.8) is 0 Å². The first kappa shape index (κ1) is 17.4. The number of benzene rings is 1. The van der Waals surface area contributed by atoms with Gasteiger partial charge in [-0.2, -0.15) is 5.10 Å². The summed E-state index contributed by atoms with van der Waals surface area (Å²) in [6, 6.07) is 6.06. The molecule has 0 unspecified atom stereocenters. The molecule has 1 fully saturated rings. The highest BCUT2D eigenvalue weighted by atomic mass is 79.9. The number of fused-ring (bicyclic) bond motifs is 1. The van der Waals surface area contributed by atoms with Crippen molar-refractivity contribution in [2.24, 2.45) is 11.0 Å². The molecule has 1 aliphatic carbocycles. The molecule has 26 heavy (non-hydrogen) atoms. The van der Waals surface area contributed by atoms with Crippen molar-refractivity contribution in [2.75, 3.05) is 0 Å². The summed E-state index contributed by atoms with van der Waals surface area (Å²) in [5.74, 6) is 0.222. The number of carbonyl (C=O) groups is 1. The molecule has 0 atom stereocenters. The van der Waals surface area contributed by atoms with Crippen LogP contribution in [-0.4, -0.2) is 22.1 Å². The van der Waals surface area contributed by atoms with Crippen molar-refractivity contribution in [3.05, 3.63) is 39.9 Å². The van der Waals surface area contributed by atoms with Gasteiger partial charge in [-0.15, -0.1) is 11.3 Å². The van der Waals surface area contributed by atoms with E-state index in [9.17, 15) is 4.79 Å². The predicted molar refractivity (Wildman–Crippen MR) is 110 cm³/mol. The SMILES string of the molecule is O=C(NN=CC1CCCCC1)c1csc(-c2c[nH]c3ccc(Br)cc23)n1. The Bertz CT molecular complexity index is 956. The van der Waals surface area contributed by atoms with E-state index in [1.807, 2.05) is 24.5 Å². The Morgan fingerprint density at radius 2 is 2.19 bits per heavy atom. The number of hydrazone groups is 1. The van der Waals surface area contributed by atoms with E-state index in [-0.39, 0.29) is 5.91 Å². The second-order valence-corrected chi connectivity index (χ2v) is 8.32. The first-order chi connectivity index (χ1) is 12.7. The minimum atomic E-state index is -0.263. The van der Waals surface area contributed by atoms with Crippen molar-refractivity contribution >= 4 is 50.3 Å². The molecule has 134 valence electrons. The van der Waals surface area contributed by atoms with Crippen LogP contribution in [0.3, 0.4) is 0 Å². The second kappa shape index (κ2) is 7.72. The quantitative estimate of drug-likeness (QED) is 0.432. The Kier molecular flexibility index (Phi) is 5.17. The topological polar surface area (TPSA) is 70.1 Å². The average molecular weight is 431 g/mol. The third-order valence-electron chi connectivity index (χ3n) is 4.71. The van der Waals surface area contributed by atoms with Gasteiger partial charge in [0.05, 0.1) is 0 Å². The molecule has 1 aromatic carbocycles. The largest absolute Gasteiger partial charge is 0.360 e. The Hall–Kier alpha value is -1.99. The van der Waals surface area contributed by atoms with Crippen molar-refractivity contribution in [1.82, 2.24) is 15.4 Å². The van der Waals surface area contributed by atoms with Crippen LogP contribution in [0.2, 0.25) is 0 Å². The number of aromatic amines is 1. The van der Waals surface area contributed by atoms with Gasteiger partial charge in [-0.3, -0.25) is 4.79 Å². The van der Waals surface area contributed by atoms with Gasteiger partial charge >= 0.3 is 0 Å². The minimum absolute atomic E-state index is 0.263. The number of carbonyl (C=O) groups excluding carboxylic acids is 1. The van der Waals surface area contributed by atoms with E-state index in [0.29, 0.717) is 11.6 Å². The van der Waals surface area contributed by atoms with Crippen LogP contribution in [0.1, 0.15) is 42.6 Å². The number of H-pyrrole nitrogens is 1. The Morgan fingerprint density at radius 3 is 3.04 bits per heavy atom. The number of hydrogen-bond acceptors (Lipinski definition) is 4. The van der Waals surface area contributed by atoms with E-state index in [1.165, 1.54) is 30.6 Å². The van der Waals surface area contributed by atoms with Gasteiger partial charge in [0.15, 0.2) is 0 Å². The fourth-order valence-electron chi connectivity index (χ4n) is 3.31. The number of nitrogens with one attached hydrogen (secondary N) is 2. The Balaban J connectivity index is 1.47. The van der Waals surface area contributed by atoms with Gasteiger partial charge < -0.3 is 4.98 Å². The minimum Gasteiger partial charge on any atom is -0.360 e. The van der Waals surface area contributed by atoms with E-state index in [4.69, 9.17) is 0 Å². The Morgan fingerprint density at radius 1 is 1.35 bits per heavy atom. The summed E-state index contributed by atoms with van der Waals surface area (Å²) in [6.07, 6.45) is 9.94. The molecule has 1 saturated carbocycles. The Labute approximate surface area is 164 Å². The van der Waals surface area contributed by atoms with Gasteiger partial charge in [-0.25, -0.2) is 10.4 Å². The molecule has 0 saturated heterocycles. The number of thiazole rings is 1. The van der Waals surface area contributed by atoms with Crippen molar-refractivity contribution < 1.29 is 4.79 Å². The molecule has 2 aromatic heterocycles. The third kappa shape index (κ3) is 3.73. The zero-order valence-corrected chi connectivity index (χ0v) is 16.6. The highest BCUT2D eigenvalue weighted by Crippen LogP contribution is 2.32. The van der Waals surface area contributed by atoms with Crippen LogP contribution < -0.4 is 5.43 Å². The molecular formula is C19H19BrN4OS. The standard InChI is InChI=1S/C19H19BrN4OS/c20-13-6-7-16-14(8-13)15(10-21-16)19-23-17(11-26-19)18(25)24-22-9-12-4-2-1-3-5-12/h6-12,21H,1-5H2,(H,24,25). The lowest BCUT2D eigenvalue weighted by atomic mass is 9.90. The molecule has 3 aromatic rings. The van der Waals surface area contributed by atoms with E-state index in [2.05, 4.69) is 42.5 Å². The van der Waals surface area contributed by atoms with Crippen molar-refractivity contribution in [3.8, 4) is 10.6 Å². The van der Waals surface area contributed by atoms with E-state index >= 15 is 0 Å². The number of amides is 1. The number of nitrogens with zero attached hydrogens (tertiary/aromatic N) is 2. The van der Waals surface area contributed by atoms with Gasteiger partial charge in [0.2, 0.25) is 0 Å². The van der Waals surface area contributed by atoms with E-state index in [0.717, 1.165) is 38.8 Å². The maximum Gasteiger partial charge on any atom is 0.290 e. The summed E-state index contributed by atoms with van der Waals surface area (Å²) < 4.78 is 1.01. The van der Waals surface area contributed by atoms with Crippen molar-refractivity contribution in [1.29, 1.82) is 0 Å². The zero-order valence-electron chi connectivity index (χ0n) is 14.2. The van der Waals surface area contributed by atoms with Gasteiger partial charge in [-0.1, -0.05) is 35.2 Å². The molecule has 4 rings (SSSR count). The average Bonchev–Trinajstić information content (AvgIpc) is 3.29. The molecule has 0 bridgehead atoms. The molecule has 0 aliphatic heterocycles. The van der Waals surface area contributed by atoms with Crippen LogP contribution in [0.5, 0.6) is 0 Å². The molecule has 0 radical (unpaired) electrons. The summed E-state index contributed by atoms with van der Waals surface area (Å²) >= 11 is 4.96. The van der Waals surface area contributed by atoms with Gasteiger partial charge in [0.25, 0.3) is 5.91 Å². The molecule has 1 amide bonds. The highest BCUT2D eigenvalue weighted by Gasteiger charge is 2.15. The van der Waals surface area contributed by atoms with E-state index in [1.54, 1.807) is 5.38 Å².